The number of likely N-dealkylation sites (N-methyl/N-ethyl adjacent to an activating group) is 1. The number of hydrogen-bond donors (Lipinski definition) is 1. The molecule has 0 amide bonds. The minimum absolute atomic E-state index is 0.329. The summed E-state index contributed by atoms with van der Waals surface area (Å²) in [6.07, 6.45) is 0. The number of ether oxygens (including phenoxy) is 1. The summed E-state index contributed by atoms with van der Waals surface area (Å²) >= 11 is 0. The van der Waals surface area contributed by atoms with E-state index in [9.17, 15) is 0 Å². The Morgan fingerprint density at radius 2 is 2.00 bits per heavy atom. The molecule has 1 aromatic rings. The summed E-state index contributed by atoms with van der Waals surface area (Å²) in [5.41, 5.74) is 1.23. The van der Waals surface area contributed by atoms with Crippen LogP contribution < -0.4 is 10.1 Å². The molecule has 0 aliphatic carbocycles. The van der Waals surface area contributed by atoms with Gasteiger partial charge in [-0.05, 0) is 33.6 Å². The predicted molar refractivity (Wildman–Crippen MR) is 72.6 cm³/mol. The SMILES string of the molecule is CCNC(C)c1ccccc1OCCN(C)C. The summed E-state index contributed by atoms with van der Waals surface area (Å²) in [6.45, 7) is 6.91. The van der Waals surface area contributed by atoms with Crippen LogP contribution in [0.25, 0.3) is 0 Å². The molecule has 0 spiro atoms. The Hall–Kier alpha value is -1.06. The smallest absolute Gasteiger partial charge is 0.124 e. The highest BCUT2D eigenvalue weighted by molar-refractivity contribution is 5.35. The summed E-state index contributed by atoms with van der Waals surface area (Å²) < 4.78 is 5.83. The van der Waals surface area contributed by atoms with E-state index in [-0.39, 0.29) is 0 Å². The van der Waals surface area contributed by atoms with Crippen LogP contribution >= 0.6 is 0 Å². The van der Waals surface area contributed by atoms with E-state index in [1.807, 2.05) is 12.1 Å². The molecule has 0 aliphatic rings. The molecule has 0 fully saturated rings. The number of nitrogens with zero attached hydrogens (tertiary/aromatic N) is 1. The first-order valence-electron chi connectivity index (χ1n) is 6.25. The van der Waals surface area contributed by atoms with Gasteiger partial charge in [0.2, 0.25) is 0 Å². The summed E-state index contributed by atoms with van der Waals surface area (Å²) in [5, 5.41) is 3.41. The van der Waals surface area contributed by atoms with Crippen molar-refractivity contribution in [1.82, 2.24) is 10.2 Å². The zero-order chi connectivity index (χ0) is 12.7. The molecule has 1 N–H and O–H groups in total. The van der Waals surface area contributed by atoms with E-state index < -0.39 is 0 Å². The predicted octanol–water partition coefficient (Wildman–Crippen LogP) is 2.30. The van der Waals surface area contributed by atoms with E-state index in [1.165, 1.54) is 5.56 Å². The van der Waals surface area contributed by atoms with Crippen molar-refractivity contribution in [3.05, 3.63) is 29.8 Å². The van der Waals surface area contributed by atoms with Crippen LogP contribution in [0.15, 0.2) is 24.3 Å². The van der Waals surface area contributed by atoms with Crippen LogP contribution in [0.5, 0.6) is 5.75 Å². The number of hydrogen-bond acceptors (Lipinski definition) is 3. The van der Waals surface area contributed by atoms with Crippen molar-refractivity contribution in [2.24, 2.45) is 0 Å². The molecule has 0 saturated carbocycles. The van der Waals surface area contributed by atoms with Crippen molar-refractivity contribution in [2.75, 3.05) is 33.8 Å². The van der Waals surface area contributed by atoms with Gasteiger partial charge in [0.15, 0.2) is 0 Å². The maximum Gasteiger partial charge on any atom is 0.124 e. The Morgan fingerprint density at radius 1 is 1.29 bits per heavy atom. The molecule has 1 atom stereocenters. The highest BCUT2D eigenvalue weighted by Gasteiger charge is 2.09. The molecular formula is C14H24N2O. The van der Waals surface area contributed by atoms with Crippen molar-refractivity contribution in [3.63, 3.8) is 0 Å². The van der Waals surface area contributed by atoms with E-state index in [1.54, 1.807) is 0 Å². The summed E-state index contributed by atoms with van der Waals surface area (Å²) in [6, 6.07) is 8.57. The second-order valence-corrected chi connectivity index (χ2v) is 4.47. The molecule has 0 radical (unpaired) electrons. The van der Waals surface area contributed by atoms with Gasteiger partial charge in [-0.2, -0.15) is 0 Å². The fraction of sp³-hybridized carbons (Fsp3) is 0.571. The van der Waals surface area contributed by atoms with Crippen molar-refractivity contribution in [1.29, 1.82) is 0 Å². The van der Waals surface area contributed by atoms with Gasteiger partial charge < -0.3 is 15.0 Å². The van der Waals surface area contributed by atoms with Crippen molar-refractivity contribution in [3.8, 4) is 5.75 Å². The largest absolute Gasteiger partial charge is 0.492 e. The average molecular weight is 236 g/mol. The van der Waals surface area contributed by atoms with E-state index in [0.717, 1.165) is 25.4 Å². The third-order valence-electron chi connectivity index (χ3n) is 2.69. The van der Waals surface area contributed by atoms with Crippen LogP contribution in [0.1, 0.15) is 25.5 Å². The van der Waals surface area contributed by atoms with Crippen LogP contribution in [0, 0.1) is 0 Å². The normalized spacial score (nSPS) is 12.8. The van der Waals surface area contributed by atoms with Crippen LogP contribution in [0.4, 0.5) is 0 Å². The third-order valence-corrected chi connectivity index (χ3v) is 2.69. The van der Waals surface area contributed by atoms with Gasteiger partial charge in [0, 0.05) is 18.2 Å². The lowest BCUT2D eigenvalue weighted by Gasteiger charge is -2.18. The Labute approximate surface area is 105 Å². The van der Waals surface area contributed by atoms with Crippen LogP contribution in [-0.4, -0.2) is 38.7 Å². The van der Waals surface area contributed by atoms with Crippen LogP contribution in [-0.2, 0) is 0 Å². The molecule has 1 rings (SSSR count). The van der Waals surface area contributed by atoms with E-state index in [4.69, 9.17) is 4.74 Å². The standard InChI is InChI=1S/C14H24N2O/c1-5-15-12(2)13-8-6-7-9-14(13)17-11-10-16(3)4/h6-9,12,15H,5,10-11H2,1-4H3. The fourth-order valence-corrected chi connectivity index (χ4v) is 1.72. The number of nitrogens with one attached hydrogen (secondary N) is 1. The zero-order valence-electron chi connectivity index (χ0n) is 11.4. The fourth-order valence-electron chi connectivity index (χ4n) is 1.72. The van der Waals surface area contributed by atoms with Gasteiger partial charge in [-0.1, -0.05) is 25.1 Å². The minimum Gasteiger partial charge on any atom is -0.492 e. The molecule has 0 saturated heterocycles. The highest BCUT2D eigenvalue weighted by Crippen LogP contribution is 2.24. The zero-order valence-corrected chi connectivity index (χ0v) is 11.4. The lowest BCUT2D eigenvalue weighted by molar-refractivity contribution is 0.258. The first-order chi connectivity index (χ1) is 8.15. The first-order valence-corrected chi connectivity index (χ1v) is 6.25. The van der Waals surface area contributed by atoms with Gasteiger partial charge in [-0.15, -0.1) is 0 Å². The summed E-state index contributed by atoms with van der Waals surface area (Å²) in [5.74, 6) is 0.989. The van der Waals surface area contributed by atoms with Gasteiger partial charge in [0.05, 0.1) is 0 Å². The second kappa shape index (κ2) is 7.30. The van der Waals surface area contributed by atoms with Gasteiger partial charge in [0.25, 0.3) is 0 Å². The Morgan fingerprint density at radius 3 is 2.65 bits per heavy atom. The Bertz CT molecular complexity index is 326. The van der Waals surface area contributed by atoms with Crippen LogP contribution in [0.3, 0.4) is 0 Å². The van der Waals surface area contributed by atoms with Crippen molar-refractivity contribution >= 4 is 0 Å². The Balaban J connectivity index is 2.63. The lowest BCUT2D eigenvalue weighted by Crippen LogP contribution is -2.21. The molecule has 3 nitrogen and oxygen atoms in total. The van der Waals surface area contributed by atoms with Gasteiger partial charge in [-0.3, -0.25) is 0 Å². The third kappa shape index (κ3) is 4.75. The minimum atomic E-state index is 0.329. The van der Waals surface area contributed by atoms with Crippen molar-refractivity contribution < 1.29 is 4.74 Å². The molecule has 96 valence electrons. The summed E-state index contributed by atoms with van der Waals surface area (Å²) in [7, 11) is 4.10. The Kier molecular flexibility index (Phi) is 6.01. The molecule has 17 heavy (non-hydrogen) atoms. The molecule has 1 aromatic carbocycles. The number of rotatable bonds is 7. The molecule has 0 aromatic heterocycles. The molecule has 1 unspecified atom stereocenters. The quantitative estimate of drug-likeness (QED) is 0.786. The second-order valence-electron chi connectivity index (χ2n) is 4.47. The van der Waals surface area contributed by atoms with Crippen LogP contribution in [0.2, 0.25) is 0 Å². The monoisotopic (exact) mass is 236 g/mol. The topological polar surface area (TPSA) is 24.5 Å². The molecule has 0 heterocycles. The molecule has 0 aliphatic heterocycles. The summed E-state index contributed by atoms with van der Waals surface area (Å²) in [4.78, 5) is 2.12. The van der Waals surface area contributed by atoms with E-state index in [0.29, 0.717) is 6.04 Å². The number of para-hydroxylation sites is 1. The highest BCUT2D eigenvalue weighted by atomic mass is 16.5. The average Bonchev–Trinajstić information content (AvgIpc) is 2.29. The van der Waals surface area contributed by atoms with E-state index >= 15 is 0 Å². The number of benzene rings is 1. The lowest BCUT2D eigenvalue weighted by atomic mass is 10.1. The maximum atomic E-state index is 5.83. The molecular weight excluding hydrogens is 212 g/mol. The maximum absolute atomic E-state index is 5.83. The van der Waals surface area contributed by atoms with Crippen molar-refractivity contribution in [2.45, 2.75) is 19.9 Å². The van der Waals surface area contributed by atoms with E-state index in [2.05, 4.69) is 50.3 Å². The molecule has 0 bridgehead atoms. The van der Waals surface area contributed by atoms with Gasteiger partial charge in [0.1, 0.15) is 12.4 Å². The first kappa shape index (κ1) is 14.0. The molecule has 3 heteroatoms. The van der Waals surface area contributed by atoms with Gasteiger partial charge >= 0.3 is 0 Å². The van der Waals surface area contributed by atoms with Gasteiger partial charge in [-0.25, -0.2) is 0 Å².